The highest BCUT2D eigenvalue weighted by Crippen LogP contribution is 2.59. The molecule has 0 aliphatic heterocycles. The molecular formula is C35H39O4P. The van der Waals surface area contributed by atoms with Crippen molar-refractivity contribution in [3.05, 3.63) is 103 Å². The van der Waals surface area contributed by atoms with E-state index in [1.165, 1.54) is 0 Å². The standard InChI is InChI=1S/C35H39O4P/c1-24(2)29-20-19-25(3)21-32(29)39-40(38,23-26-13-7-4-8-14-26)35-33(28-17-11-6-12-18-28)31(36)22-30(34(35)37)27-15-9-5-10-16-27/h4-18,22,24-25,29,32,36-37H,19-21,23H2,1-3H3/t25-,29+,32-,40+/m1/s1. The fourth-order valence-electron chi connectivity index (χ4n) is 6.15. The van der Waals surface area contributed by atoms with E-state index >= 15 is 4.57 Å². The first-order valence-electron chi connectivity index (χ1n) is 14.3. The van der Waals surface area contributed by atoms with E-state index in [2.05, 4.69) is 20.8 Å². The maximum atomic E-state index is 15.6. The van der Waals surface area contributed by atoms with Gasteiger partial charge < -0.3 is 14.7 Å². The molecule has 1 fully saturated rings. The highest BCUT2D eigenvalue weighted by Gasteiger charge is 2.42. The summed E-state index contributed by atoms with van der Waals surface area (Å²) in [4.78, 5) is 0. The van der Waals surface area contributed by atoms with Crippen molar-refractivity contribution in [2.75, 3.05) is 0 Å². The SMILES string of the molecule is CC(C)[C@@H]1CC[C@@H](C)C[C@H]1O[P@@](=O)(Cc1ccccc1)c1c(O)c(-c2ccccc2)cc(O)c1-c1ccccc1. The summed E-state index contributed by atoms with van der Waals surface area (Å²) < 4.78 is 22.5. The quantitative estimate of drug-likeness (QED) is 0.168. The Bertz CT molecular complexity index is 1470. The molecule has 0 saturated heterocycles. The van der Waals surface area contributed by atoms with Gasteiger partial charge in [-0.2, -0.15) is 0 Å². The molecule has 0 radical (unpaired) electrons. The summed E-state index contributed by atoms with van der Waals surface area (Å²) in [6, 6.07) is 30.0. The molecule has 0 spiro atoms. The molecule has 4 atom stereocenters. The molecule has 5 rings (SSSR count). The zero-order valence-corrected chi connectivity index (χ0v) is 24.4. The Labute approximate surface area is 238 Å². The number of phenols is 2. The molecule has 0 amide bonds. The zero-order chi connectivity index (χ0) is 28.3. The molecule has 1 saturated carbocycles. The predicted molar refractivity (Wildman–Crippen MR) is 164 cm³/mol. The van der Waals surface area contributed by atoms with Crippen molar-refractivity contribution in [3.63, 3.8) is 0 Å². The Morgan fingerprint density at radius 2 is 1.43 bits per heavy atom. The molecule has 40 heavy (non-hydrogen) atoms. The summed E-state index contributed by atoms with van der Waals surface area (Å²) in [5.74, 6) is 0.943. The van der Waals surface area contributed by atoms with Gasteiger partial charge in [0.15, 0.2) is 0 Å². The average Bonchev–Trinajstić information content (AvgIpc) is 2.95. The van der Waals surface area contributed by atoms with Crippen LogP contribution in [0.3, 0.4) is 0 Å². The van der Waals surface area contributed by atoms with E-state index in [9.17, 15) is 10.2 Å². The molecule has 4 aromatic rings. The maximum Gasteiger partial charge on any atom is 0.241 e. The van der Waals surface area contributed by atoms with Crippen LogP contribution >= 0.6 is 7.37 Å². The lowest BCUT2D eigenvalue weighted by Crippen LogP contribution is -2.35. The van der Waals surface area contributed by atoms with Crippen LogP contribution in [0.2, 0.25) is 0 Å². The van der Waals surface area contributed by atoms with Gasteiger partial charge in [-0.3, -0.25) is 4.57 Å². The summed E-state index contributed by atoms with van der Waals surface area (Å²) in [7, 11) is -3.79. The third kappa shape index (κ3) is 5.89. The van der Waals surface area contributed by atoms with E-state index in [4.69, 9.17) is 4.52 Å². The summed E-state index contributed by atoms with van der Waals surface area (Å²) in [6.45, 7) is 6.63. The topological polar surface area (TPSA) is 66.8 Å². The Hall–Kier alpha value is -3.33. The van der Waals surface area contributed by atoms with Gasteiger partial charge in [-0.05, 0) is 53.4 Å². The van der Waals surface area contributed by atoms with E-state index < -0.39 is 7.37 Å². The van der Waals surface area contributed by atoms with E-state index in [1.54, 1.807) is 6.07 Å². The number of hydrogen-bond donors (Lipinski definition) is 2. The van der Waals surface area contributed by atoms with Gasteiger partial charge in [-0.1, -0.05) is 118 Å². The lowest BCUT2D eigenvalue weighted by atomic mass is 9.75. The first-order valence-corrected chi connectivity index (χ1v) is 16.1. The number of rotatable bonds is 8. The van der Waals surface area contributed by atoms with Gasteiger partial charge in [0, 0.05) is 11.1 Å². The highest BCUT2D eigenvalue weighted by atomic mass is 31.2. The number of benzene rings is 4. The van der Waals surface area contributed by atoms with Gasteiger partial charge in [-0.25, -0.2) is 0 Å². The van der Waals surface area contributed by atoms with Crippen molar-refractivity contribution in [1.29, 1.82) is 0 Å². The summed E-state index contributed by atoms with van der Waals surface area (Å²) in [5, 5.41) is 23.8. The molecule has 5 heteroatoms. The maximum absolute atomic E-state index is 15.6. The van der Waals surface area contributed by atoms with Gasteiger partial charge in [0.1, 0.15) is 11.5 Å². The van der Waals surface area contributed by atoms with Gasteiger partial charge in [-0.15, -0.1) is 0 Å². The van der Waals surface area contributed by atoms with Crippen LogP contribution in [0.1, 0.15) is 45.6 Å². The van der Waals surface area contributed by atoms with Crippen molar-refractivity contribution in [2.45, 2.75) is 52.3 Å². The Balaban J connectivity index is 1.77. The van der Waals surface area contributed by atoms with Crippen LogP contribution in [0.4, 0.5) is 0 Å². The normalized spacial score (nSPS) is 20.8. The van der Waals surface area contributed by atoms with Crippen molar-refractivity contribution < 1.29 is 19.3 Å². The number of hydrogen-bond acceptors (Lipinski definition) is 4. The predicted octanol–water partition coefficient (Wildman–Crippen LogP) is 9.01. The van der Waals surface area contributed by atoms with Crippen molar-refractivity contribution in [1.82, 2.24) is 0 Å². The third-order valence-electron chi connectivity index (χ3n) is 8.24. The van der Waals surface area contributed by atoms with E-state index in [0.29, 0.717) is 28.5 Å². The summed E-state index contributed by atoms with van der Waals surface area (Å²) in [6.07, 6.45) is 2.85. The van der Waals surface area contributed by atoms with Crippen molar-refractivity contribution in [3.8, 4) is 33.8 Å². The van der Waals surface area contributed by atoms with Crippen molar-refractivity contribution >= 4 is 12.7 Å². The zero-order valence-electron chi connectivity index (χ0n) is 23.5. The Kier molecular flexibility index (Phi) is 8.49. The van der Waals surface area contributed by atoms with Crippen LogP contribution in [0.5, 0.6) is 11.5 Å². The minimum absolute atomic E-state index is 0.0350. The molecule has 0 heterocycles. The Morgan fingerprint density at radius 3 is 2.02 bits per heavy atom. The van der Waals surface area contributed by atoms with Crippen molar-refractivity contribution in [2.24, 2.45) is 17.8 Å². The summed E-state index contributed by atoms with van der Waals surface area (Å²) >= 11 is 0. The van der Waals surface area contributed by atoms with E-state index in [1.807, 2.05) is 91.0 Å². The van der Waals surface area contributed by atoms with Gasteiger partial charge in [0.25, 0.3) is 0 Å². The molecule has 4 nitrogen and oxygen atoms in total. The second-order valence-corrected chi connectivity index (χ2v) is 13.9. The van der Waals surface area contributed by atoms with Gasteiger partial charge in [0.2, 0.25) is 7.37 Å². The van der Waals surface area contributed by atoms with Crippen LogP contribution in [-0.2, 0) is 15.3 Å². The van der Waals surface area contributed by atoms with Gasteiger partial charge in [0.05, 0.1) is 17.6 Å². The van der Waals surface area contributed by atoms with Crippen LogP contribution in [0.15, 0.2) is 97.1 Å². The molecular weight excluding hydrogens is 515 g/mol. The smallest absolute Gasteiger partial charge is 0.241 e. The lowest BCUT2D eigenvalue weighted by Gasteiger charge is -2.39. The van der Waals surface area contributed by atoms with Crippen LogP contribution < -0.4 is 5.30 Å². The number of aromatic hydroxyl groups is 2. The first-order chi connectivity index (χ1) is 19.3. The van der Waals surface area contributed by atoms with Gasteiger partial charge >= 0.3 is 0 Å². The number of phenolic OH excluding ortho intramolecular Hbond substituents is 2. The fourth-order valence-corrected chi connectivity index (χ4v) is 8.89. The first kappa shape index (κ1) is 28.2. The largest absolute Gasteiger partial charge is 0.507 e. The Morgan fingerprint density at radius 1 is 0.850 bits per heavy atom. The van der Waals surface area contributed by atoms with Crippen LogP contribution in [0.25, 0.3) is 22.3 Å². The second-order valence-electron chi connectivity index (χ2n) is 11.5. The highest BCUT2D eigenvalue weighted by molar-refractivity contribution is 7.66. The monoisotopic (exact) mass is 554 g/mol. The van der Waals surface area contributed by atoms with Crippen LogP contribution in [-0.4, -0.2) is 16.3 Å². The lowest BCUT2D eigenvalue weighted by molar-refractivity contribution is 0.0496. The molecule has 208 valence electrons. The average molecular weight is 555 g/mol. The van der Waals surface area contributed by atoms with E-state index in [0.717, 1.165) is 30.4 Å². The third-order valence-corrected chi connectivity index (χ3v) is 10.8. The molecule has 2 N–H and O–H groups in total. The molecule has 0 unspecified atom stereocenters. The fraction of sp³-hybridized carbons (Fsp3) is 0.314. The summed E-state index contributed by atoms with van der Waals surface area (Å²) in [5.41, 5.74) is 3.07. The van der Waals surface area contributed by atoms with Crippen LogP contribution in [0, 0.1) is 17.8 Å². The molecule has 1 aliphatic rings. The minimum atomic E-state index is -3.79. The minimum Gasteiger partial charge on any atom is -0.507 e. The second kappa shape index (κ2) is 12.0. The molecule has 0 aromatic heterocycles. The molecule has 0 bridgehead atoms. The molecule has 4 aromatic carbocycles. The van der Waals surface area contributed by atoms with E-state index in [-0.39, 0.29) is 35.0 Å². The molecule has 1 aliphatic carbocycles.